The molecule has 0 fully saturated rings. The highest BCUT2D eigenvalue weighted by Crippen LogP contribution is 2.61. The number of alkyl halides is 15. The van der Waals surface area contributed by atoms with Crippen LogP contribution in [0, 0.1) is 0 Å². The highest BCUT2D eigenvalue weighted by atomic mass is 32.2. The van der Waals surface area contributed by atoms with E-state index in [0.29, 0.717) is 0 Å². The highest BCUT2D eigenvalue weighted by molar-refractivity contribution is 7.86. The van der Waals surface area contributed by atoms with E-state index in [4.69, 9.17) is 0 Å². The maximum atomic E-state index is 13.0. The fourth-order valence-corrected chi connectivity index (χ4v) is 3.13. The molecule has 0 aliphatic carbocycles. The van der Waals surface area contributed by atoms with Crippen molar-refractivity contribution < 1.29 is 83.3 Å². The Bertz CT molecular complexity index is 796. The van der Waals surface area contributed by atoms with Crippen LogP contribution in [0.2, 0.25) is 0 Å². The van der Waals surface area contributed by atoms with Crippen molar-refractivity contribution in [3.63, 3.8) is 0 Å². The summed E-state index contributed by atoms with van der Waals surface area (Å²) in [5.41, 5.74) is -5.94. The molecule has 1 atom stereocenters. The predicted octanol–water partition coefficient (Wildman–Crippen LogP) is 5.79. The molecule has 0 aliphatic rings. The van der Waals surface area contributed by atoms with Crippen molar-refractivity contribution in [1.82, 2.24) is 0 Å². The Hall–Kier alpha value is -1.18. The summed E-state index contributed by atoms with van der Waals surface area (Å²) in [6, 6.07) is 0. The minimum atomic E-state index is -8.47. The average Bonchev–Trinajstić information content (AvgIpc) is 2.74. The molecule has 20 heteroatoms. The molecule has 0 aromatic heterocycles. The molecule has 0 aliphatic heterocycles. The third kappa shape index (κ3) is 6.10. The topological polar surface area (TPSA) is 57.2 Å². The Morgan fingerprint density at radius 2 is 0.833 bits per heavy atom. The van der Waals surface area contributed by atoms with Crippen molar-refractivity contribution in [2.75, 3.05) is 26.2 Å². The van der Waals surface area contributed by atoms with E-state index >= 15 is 0 Å². The molecule has 0 rings (SSSR count). The van der Waals surface area contributed by atoms with Crippen LogP contribution in [0.15, 0.2) is 0 Å². The second kappa shape index (κ2) is 11.3. The standard InChI is InChI=1S/C8H3F15O3S.C8H20N/c9-1(10)3(12,13)5(16,17)7(20,21)8(22,23)6(18,19)4(14,15)2(11)27(24,25)26;1-5-9(6-2,7-3)8-4/h1-2H,(H,24,25,26);5-8H2,1-4H3/q;+1/p-1. The number of nitrogens with zero attached hydrogens (tertiary/aromatic N) is 1. The summed E-state index contributed by atoms with van der Waals surface area (Å²) in [7, 11) is -7.31. The lowest BCUT2D eigenvalue weighted by molar-refractivity contribution is -0.921. The first-order valence-electron chi connectivity index (χ1n) is 9.58. The quantitative estimate of drug-likeness (QED) is 0.164. The van der Waals surface area contributed by atoms with Gasteiger partial charge in [-0.15, -0.1) is 0 Å². The smallest absolute Gasteiger partial charge is 0.384 e. The van der Waals surface area contributed by atoms with E-state index in [2.05, 4.69) is 27.7 Å². The Kier molecular flexibility index (Phi) is 11.6. The minimum Gasteiger partial charge on any atom is -0.746 e. The Morgan fingerprint density at radius 1 is 0.583 bits per heavy atom. The van der Waals surface area contributed by atoms with Gasteiger partial charge in [0.15, 0.2) is 0 Å². The van der Waals surface area contributed by atoms with Gasteiger partial charge in [-0.2, -0.15) is 52.7 Å². The van der Waals surface area contributed by atoms with Crippen LogP contribution in [0.3, 0.4) is 0 Å². The van der Waals surface area contributed by atoms with Gasteiger partial charge in [0, 0.05) is 0 Å². The van der Waals surface area contributed by atoms with Gasteiger partial charge in [-0.3, -0.25) is 0 Å². The number of quaternary nitrogens is 1. The first-order valence-corrected chi connectivity index (χ1v) is 11.1. The maximum absolute atomic E-state index is 13.0. The minimum absolute atomic E-state index is 1.28. The summed E-state index contributed by atoms with van der Waals surface area (Å²) in [6.07, 6.45) is -5.90. The Morgan fingerprint density at radius 3 is 1.00 bits per heavy atom. The average molecular weight is 593 g/mol. The van der Waals surface area contributed by atoms with E-state index < -0.39 is 57.6 Å². The van der Waals surface area contributed by atoms with Crippen molar-refractivity contribution in [3.05, 3.63) is 0 Å². The molecule has 1 unspecified atom stereocenters. The van der Waals surface area contributed by atoms with Crippen LogP contribution in [0.1, 0.15) is 27.7 Å². The van der Waals surface area contributed by atoms with Crippen LogP contribution < -0.4 is 0 Å². The largest absolute Gasteiger partial charge is 0.746 e. The van der Waals surface area contributed by atoms with Gasteiger partial charge in [0.05, 0.1) is 26.2 Å². The van der Waals surface area contributed by atoms with Gasteiger partial charge in [-0.05, 0) is 27.7 Å². The lowest BCUT2D eigenvalue weighted by Crippen LogP contribution is -2.73. The van der Waals surface area contributed by atoms with Crippen molar-refractivity contribution in [3.8, 4) is 0 Å². The van der Waals surface area contributed by atoms with E-state index in [-0.39, 0.29) is 0 Å². The zero-order valence-electron chi connectivity index (χ0n) is 18.7. The van der Waals surface area contributed by atoms with Gasteiger partial charge in [0.25, 0.3) is 5.50 Å². The summed E-state index contributed by atoms with van der Waals surface area (Å²) >= 11 is 0. The number of rotatable bonds is 12. The van der Waals surface area contributed by atoms with Crippen LogP contribution in [0.25, 0.3) is 0 Å². The first-order chi connectivity index (χ1) is 15.6. The maximum Gasteiger partial charge on any atom is 0.384 e. The van der Waals surface area contributed by atoms with Crippen LogP contribution in [-0.4, -0.2) is 91.1 Å². The third-order valence-electron chi connectivity index (χ3n) is 5.52. The van der Waals surface area contributed by atoms with Crippen LogP contribution >= 0.6 is 0 Å². The molecule has 0 aromatic rings. The fraction of sp³-hybridized carbons (Fsp3) is 1.00. The number of hydrogen-bond acceptors (Lipinski definition) is 3. The Balaban J connectivity index is 0. The number of hydrogen-bond donors (Lipinski definition) is 0. The SMILES string of the molecule is CC[N+](CC)(CC)CC.O=S(=O)([O-])C(F)C(F)(F)C(F)(F)C(F)(F)C(F)(F)C(F)(F)C(F)(F)C(F)F. The molecule has 0 amide bonds. The number of halogens is 15. The monoisotopic (exact) mass is 593 g/mol. The van der Waals surface area contributed by atoms with Crippen LogP contribution in [0.5, 0.6) is 0 Å². The lowest BCUT2D eigenvalue weighted by atomic mass is 9.91. The van der Waals surface area contributed by atoms with E-state index in [1.54, 1.807) is 0 Å². The molecule has 220 valence electrons. The Labute approximate surface area is 195 Å². The van der Waals surface area contributed by atoms with Gasteiger partial charge < -0.3 is 9.04 Å². The lowest BCUT2D eigenvalue weighted by Gasteiger charge is -2.41. The predicted molar refractivity (Wildman–Crippen MR) is 92.7 cm³/mol. The second-order valence-corrected chi connectivity index (χ2v) is 8.66. The van der Waals surface area contributed by atoms with Gasteiger partial charge in [-0.1, -0.05) is 0 Å². The van der Waals surface area contributed by atoms with Crippen molar-refractivity contribution in [2.45, 2.75) is 75.2 Å². The molecule has 0 bridgehead atoms. The zero-order chi connectivity index (χ0) is 30.0. The molecule has 4 nitrogen and oxygen atoms in total. The summed E-state index contributed by atoms with van der Waals surface area (Å²) < 4.78 is 221. The molecule has 0 aromatic carbocycles. The fourth-order valence-electron chi connectivity index (χ4n) is 2.62. The zero-order valence-corrected chi connectivity index (χ0v) is 19.5. The summed E-state index contributed by atoms with van der Waals surface area (Å²) in [4.78, 5) is 0. The molecule has 36 heavy (non-hydrogen) atoms. The van der Waals surface area contributed by atoms with E-state index in [1.165, 1.54) is 30.7 Å². The van der Waals surface area contributed by atoms with Crippen LogP contribution in [0.4, 0.5) is 65.9 Å². The van der Waals surface area contributed by atoms with Crippen molar-refractivity contribution >= 4 is 10.1 Å². The van der Waals surface area contributed by atoms with Gasteiger partial charge in [-0.25, -0.2) is 21.6 Å². The van der Waals surface area contributed by atoms with E-state index in [1.807, 2.05) is 0 Å². The van der Waals surface area contributed by atoms with E-state index in [0.717, 1.165) is 0 Å². The molecular formula is C16H22F15NO3S. The third-order valence-corrected chi connectivity index (χ3v) is 6.32. The first kappa shape index (κ1) is 37.0. The molecule has 0 saturated carbocycles. The van der Waals surface area contributed by atoms with Gasteiger partial charge in [0.1, 0.15) is 10.1 Å². The normalized spacial score (nSPS) is 16.0. The van der Waals surface area contributed by atoms with Crippen molar-refractivity contribution in [2.24, 2.45) is 0 Å². The second-order valence-electron chi connectivity index (χ2n) is 7.26. The molecule has 0 radical (unpaired) electrons. The molecule has 0 heterocycles. The van der Waals surface area contributed by atoms with Gasteiger partial charge >= 0.3 is 42.0 Å². The van der Waals surface area contributed by atoms with Crippen LogP contribution in [-0.2, 0) is 10.1 Å². The summed E-state index contributed by atoms with van der Waals surface area (Å²) in [6.45, 7) is 14.2. The molecule has 0 saturated heterocycles. The summed E-state index contributed by atoms with van der Waals surface area (Å²) in [5.74, 6) is -48.5. The molecule has 0 N–H and O–H groups in total. The molecular weight excluding hydrogens is 571 g/mol. The van der Waals surface area contributed by atoms with Crippen molar-refractivity contribution in [1.29, 1.82) is 0 Å². The highest BCUT2D eigenvalue weighted by Gasteiger charge is 2.92. The van der Waals surface area contributed by atoms with Gasteiger partial charge in [0.2, 0.25) is 0 Å². The van der Waals surface area contributed by atoms with E-state index in [9.17, 15) is 78.8 Å². The molecule has 0 spiro atoms. The summed E-state index contributed by atoms with van der Waals surface area (Å²) in [5, 5.41) is 0.